The fraction of sp³-hybridized carbons (Fsp3) is 0.125. The van der Waals surface area contributed by atoms with Gasteiger partial charge in [-0.15, -0.1) is 0 Å². The predicted octanol–water partition coefficient (Wildman–Crippen LogP) is 2.15. The summed E-state index contributed by atoms with van der Waals surface area (Å²) in [6.07, 6.45) is 1.68. The molecule has 1 heterocycles. The number of hydrogen-bond acceptors (Lipinski definition) is 5. The molecule has 0 radical (unpaired) electrons. The molecular formula is C16H16N4O2S. The smallest absolute Gasteiger partial charge is 0.240 e. The molecule has 0 aliphatic heterocycles. The van der Waals surface area contributed by atoms with E-state index < -0.39 is 10.0 Å². The Morgan fingerprint density at radius 1 is 1.00 bits per heavy atom. The van der Waals surface area contributed by atoms with Gasteiger partial charge in [0.15, 0.2) is 0 Å². The van der Waals surface area contributed by atoms with Gasteiger partial charge in [0.2, 0.25) is 10.0 Å². The number of para-hydroxylation sites is 2. The molecule has 23 heavy (non-hydrogen) atoms. The normalized spacial score (nSPS) is 11.5. The maximum Gasteiger partial charge on any atom is 0.240 e. The fourth-order valence-electron chi connectivity index (χ4n) is 2.14. The standard InChI is InChI=1S/C16H16N4O2S/c1-17-23(21,22)13-8-6-12(7-9-13)10-19-16-11-18-14-4-2-3-5-15(14)20-16/h2-9,11,17H,10H2,1H3,(H,19,20). The van der Waals surface area contributed by atoms with E-state index in [0.29, 0.717) is 12.4 Å². The fourth-order valence-corrected chi connectivity index (χ4v) is 2.87. The van der Waals surface area contributed by atoms with Crippen molar-refractivity contribution in [3.63, 3.8) is 0 Å². The number of anilines is 1. The minimum atomic E-state index is -3.40. The van der Waals surface area contributed by atoms with E-state index in [1.165, 1.54) is 7.05 Å². The van der Waals surface area contributed by atoms with Crippen LogP contribution in [0.15, 0.2) is 59.6 Å². The molecule has 0 amide bonds. The van der Waals surface area contributed by atoms with Gasteiger partial charge in [-0.05, 0) is 36.9 Å². The molecule has 0 aliphatic carbocycles. The molecule has 0 bridgehead atoms. The third-order valence-electron chi connectivity index (χ3n) is 3.42. The van der Waals surface area contributed by atoms with E-state index in [4.69, 9.17) is 0 Å². The van der Waals surface area contributed by atoms with Crippen LogP contribution in [0.25, 0.3) is 11.0 Å². The number of sulfonamides is 1. The Morgan fingerprint density at radius 2 is 1.70 bits per heavy atom. The second-order valence-electron chi connectivity index (χ2n) is 4.95. The first kappa shape index (κ1) is 15.4. The lowest BCUT2D eigenvalue weighted by molar-refractivity contribution is 0.588. The Balaban J connectivity index is 1.72. The Morgan fingerprint density at radius 3 is 2.39 bits per heavy atom. The number of nitrogens with one attached hydrogen (secondary N) is 2. The second kappa shape index (κ2) is 6.31. The van der Waals surface area contributed by atoms with E-state index in [-0.39, 0.29) is 4.90 Å². The lowest BCUT2D eigenvalue weighted by Gasteiger charge is -2.07. The molecule has 6 nitrogen and oxygen atoms in total. The zero-order valence-corrected chi connectivity index (χ0v) is 13.3. The van der Waals surface area contributed by atoms with E-state index in [2.05, 4.69) is 20.0 Å². The van der Waals surface area contributed by atoms with Crippen molar-refractivity contribution in [1.29, 1.82) is 0 Å². The molecule has 0 unspecified atom stereocenters. The maximum absolute atomic E-state index is 11.7. The van der Waals surface area contributed by atoms with Crippen molar-refractivity contribution < 1.29 is 8.42 Å². The molecule has 2 aromatic carbocycles. The van der Waals surface area contributed by atoms with Crippen LogP contribution in [-0.4, -0.2) is 25.4 Å². The number of aromatic nitrogens is 2. The Labute approximate surface area is 134 Å². The van der Waals surface area contributed by atoms with Crippen LogP contribution in [0.3, 0.4) is 0 Å². The first-order valence-corrected chi connectivity index (χ1v) is 8.55. The number of rotatable bonds is 5. The molecule has 118 valence electrons. The average molecular weight is 328 g/mol. The molecule has 3 rings (SSSR count). The molecule has 0 spiro atoms. The minimum Gasteiger partial charge on any atom is -0.365 e. The molecule has 1 aromatic heterocycles. The van der Waals surface area contributed by atoms with Gasteiger partial charge >= 0.3 is 0 Å². The van der Waals surface area contributed by atoms with Crippen LogP contribution in [0.4, 0.5) is 5.82 Å². The highest BCUT2D eigenvalue weighted by molar-refractivity contribution is 7.89. The highest BCUT2D eigenvalue weighted by Crippen LogP contribution is 2.14. The predicted molar refractivity (Wildman–Crippen MR) is 89.6 cm³/mol. The van der Waals surface area contributed by atoms with Crippen LogP contribution in [0.1, 0.15) is 5.56 Å². The van der Waals surface area contributed by atoms with Crippen molar-refractivity contribution in [1.82, 2.24) is 14.7 Å². The Kier molecular flexibility index (Phi) is 4.22. The number of fused-ring (bicyclic) bond motifs is 1. The molecule has 0 atom stereocenters. The van der Waals surface area contributed by atoms with Crippen molar-refractivity contribution in [3.05, 3.63) is 60.3 Å². The first-order valence-electron chi connectivity index (χ1n) is 7.07. The van der Waals surface area contributed by atoms with E-state index in [0.717, 1.165) is 16.6 Å². The van der Waals surface area contributed by atoms with Crippen LogP contribution < -0.4 is 10.0 Å². The molecule has 0 saturated heterocycles. The molecule has 7 heteroatoms. The van der Waals surface area contributed by atoms with Crippen molar-refractivity contribution in [2.75, 3.05) is 12.4 Å². The second-order valence-corrected chi connectivity index (χ2v) is 6.84. The summed E-state index contributed by atoms with van der Waals surface area (Å²) in [6, 6.07) is 14.4. The van der Waals surface area contributed by atoms with Gasteiger partial charge in [-0.25, -0.2) is 18.1 Å². The Bertz CT molecular complexity index is 924. The van der Waals surface area contributed by atoms with E-state index in [9.17, 15) is 8.42 Å². The van der Waals surface area contributed by atoms with Gasteiger partial charge in [-0.2, -0.15) is 0 Å². The summed E-state index contributed by atoms with van der Waals surface area (Å²) in [5, 5.41) is 3.19. The highest BCUT2D eigenvalue weighted by atomic mass is 32.2. The summed E-state index contributed by atoms with van der Waals surface area (Å²) >= 11 is 0. The van der Waals surface area contributed by atoms with Crippen molar-refractivity contribution >= 4 is 26.9 Å². The van der Waals surface area contributed by atoms with Gasteiger partial charge in [0.05, 0.1) is 22.1 Å². The number of nitrogens with zero attached hydrogens (tertiary/aromatic N) is 2. The van der Waals surface area contributed by atoms with E-state index in [1.807, 2.05) is 24.3 Å². The van der Waals surface area contributed by atoms with Crippen LogP contribution >= 0.6 is 0 Å². The third-order valence-corrected chi connectivity index (χ3v) is 4.85. The van der Waals surface area contributed by atoms with Crippen molar-refractivity contribution in [3.8, 4) is 0 Å². The number of benzene rings is 2. The number of hydrogen-bond donors (Lipinski definition) is 2. The summed E-state index contributed by atoms with van der Waals surface area (Å²) in [7, 11) is -2.01. The van der Waals surface area contributed by atoms with Crippen LogP contribution in [0, 0.1) is 0 Å². The lowest BCUT2D eigenvalue weighted by Crippen LogP contribution is -2.18. The van der Waals surface area contributed by atoms with Gasteiger partial charge in [-0.3, -0.25) is 4.98 Å². The van der Waals surface area contributed by atoms with Crippen molar-refractivity contribution in [2.45, 2.75) is 11.4 Å². The molecule has 3 aromatic rings. The molecule has 2 N–H and O–H groups in total. The SMILES string of the molecule is CNS(=O)(=O)c1ccc(CNc2cnc3ccccc3n2)cc1. The topological polar surface area (TPSA) is 84.0 Å². The lowest BCUT2D eigenvalue weighted by atomic mass is 10.2. The molecule has 0 fully saturated rings. The Hall–Kier alpha value is -2.51. The van der Waals surface area contributed by atoms with Gasteiger partial charge in [-0.1, -0.05) is 24.3 Å². The molecule has 0 aliphatic rings. The quantitative estimate of drug-likeness (QED) is 0.750. The van der Waals surface area contributed by atoms with Gasteiger partial charge in [0.25, 0.3) is 0 Å². The summed E-state index contributed by atoms with van der Waals surface area (Å²) in [6.45, 7) is 0.535. The van der Waals surface area contributed by atoms with Gasteiger partial charge in [0.1, 0.15) is 5.82 Å². The first-order chi connectivity index (χ1) is 11.1. The summed E-state index contributed by atoms with van der Waals surface area (Å²) < 4.78 is 25.6. The van der Waals surface area contributed by atoms with E-state index >= 15 is 0 Å². The molecule has 0 saturated carbocycles. The maximum atomic E-state index is 11.7. The van der Waals surface area contributed by atoms with E-state index in [1.54, 1.807) is 30.5 Å². The van der Waals surface area contributed by atoms with Crippen molar-refractivity contribution in [2.24, 2.45) is 0 Å². The summed E-state index contributed by atoms with van der Waals surface area (Å²) in [4.78, 5) is 9.06. The monoisotopic (exact) mass is 328 g/mol. The average Bonchev–Trinajstić information content (AvgIpc) is 2.60. The zero-order valence-electron chi connectivity index (χ0n) is 12.5. The largest absolute Gasteiger partial charge is 0.365 e. The highest BCUT2D eigenvalue weighted by Gasteiger charge is 2.10. The third kappa shape index (κ3) is 3.46. The minimum absolute atomic E-state index is 0.245. The summed E-state index contributed by atoms with van der Waals surface area (Å²) in [5.41, 5.74) is 2.63. The van der Waals surface area contributed by atoms with Crippen LogP contribution in [-0.2, 0) is 16.6 Å². The molecular weight excluding hydrogens is 312 g/mol. The van der Waals surface area contributed by atoms with Gasteiger partial charge in [0, 0.05) is 6.54 Å². The van der Waals surface area contributed by atoms with Gasteiger partial charge < -0.3 is 5.32 Å². The van der Waals surface area contributed by atoms with Crippen LogP contribution in [0.5, 0.6) is 0 Å². The zero-order chi connectivity index (χ0) is 16.3. The summed E-state index contributed by atoms with van der Waals surface area (Å²) in [5.74, 6) is 0.677. The van der Waals surface area contributed by atoms with Crippen LogP contribution in [0.2, 0.25) is 0 Å².